The summed E-state index contributed by atoms with van der Waals surface area (Å²) in [6.45, 7) is 0. The van der Waals surface area contributed by atoms with Crippen LogP contribution in [0, 0.1) is 0 Å². The molecule has 0 atom stereocenters. The second-order valence-corrected chi connectivity index (χ2v) is 3.76. The maximum absolute atomic E-state index is 7.78. The first-order valence-corrected chi connectivity index (χ1v) is 4.20. The molecule has 0 rings (SSSR count). The van der Waals surface area contributed by atoms with Crippen LogP contribution in [-0.2, 0) is 0 Å². The van der Waals surface area contributed by atoms with Gasteiger partial charge in [-0.3, -0.25) is 0 Å². The van der Waals surface area contributed by atoms with Crippen LogP contribution in [0.15, 0.2) is 0 Å². The normalized spacial score (nSPS) is 9.43. The molecule has 0 saturated heterocycles. The van der Waals surface area contributed by atoms with Gasteiger partial charge in [0.2, 0.25) is 0 Å². The van der Waals surface area contributed by atoms with Gasteiger partial charge in [-0.25, -0.2) is 0 Å². The van der Waals surface area contributed by atoms with Crippen LogP contribution in [0.3, 0.4) is 0 Å². The van der Waals surface area contributed by atoms with E-state index in [1.165, 1.54) is 0 Å². The maximum atomic E-state index is 7.78. The van der Waals surface area contributed by atoms with Gasteiger partial charge in [0.25, 0.3) is 16.1 Å². The molecule has 1 radical (unpaired) electrons. The van der Waals surface area contributed by atoms with E-state index in [1.54, 1.807) is 0 Å². The Morgan fingerprint density at radius 3 is 0.857 bits per heavy atom. The first-order chi connectivity index (χ1) is 2.64. The van der Waals surface area contributed by atoms with E-state index in [9.17, 15) is 0 Å². The van der Waals surface area contributed by atoms with E-state index < -0.39 is 16.1 Å². The van der Waals surface area contributed by atoms with Crippen LogP contribution < -0.4 is 0 Å². The van der Waals surface area contributed by atoms with Crippen LogP contribution in [0.2, 0.25) is 0 Å². The molecule has 0 amide bonds. The quantitative estimate of drug-likeness (QED) is 0.291. The summed E-state index contributed by atoms with van der Waals surface area (Å²) >= 11 is 0. The summed E-state index contributed by atoms with van der Waals surface area (Å²) in [7, 11) is -4.97. The second kappa shape index (κ2) is 5.83. The number of rotatable bonds is 1. The third-order valence-corrected chi connectivity index (χ3v) is 1.44. The zero-order chi connectivity index (χ0) is 5.15. The molecule has 4 nitrogen and oxygen atoms in total. The average molecular weight is 153 g/mol. The summed E-state index contributed by atoms with van der Waals surface area (Å²) in [5.74, 6) is 0. The van der Waals surface area contributed by atoms with Crippen molar-refractivity contribution in [3.05, 3.63) is 0 Å². The predicted octanol–water partition coefficient (Wildman–Crippen LogP) is -0.886. The molecule has 7 heavy (non-hydrogen) atoms. The largest absolute Gasteiger partial charge is 0.344 e. The van der Waals surface area contributed by atoms with Gasteiger partial charge in [-0.05, 0) is 0 Å². The smallest absolute Gasteiger partial charge is 0.250 e. The van der Waals surface area contributed by atoms with Crippen molar-refractivity contribution in [2.24, 2.45) is 0 Å². The van der Waals surface area contributed by atoms with Gasteiger partial charge in [0.05, 0.1) is 0 Å². The molecule has 0 aliphatic carbocycles. The van der Waals surface area contributed by atoms with Crippen molar-refractivity contribution in [3.8, 4) is 0 Å². The Hall–Kier alpha value is 1.70. The zero-order valence-electron chi connectivity index (χ0n) is 3.68. The van der Waals surface area contributed by atoms with Crippen LogP contribution in [0.4, 0.5) is 0 Å². The summed E-state index contributed by atoms with van der Waals surface area (Å²) in [4.78, 5) is 31.1. The number of hydrogen-bond donors (Lipinski definition) is 4. The fourth-order valence-electron chi connectivity index (χ4n) is 0. The summed E-state index contributed by atoms with van der Waals surface area (Å²) in [6, 6.07) is 0. The first kappa shape index (κ1) is 11.5. The van der Waals surface area contributed by atoms with Gasteiger partial charge in [0.1, 0.15) is 0 Å². The molecule has 0 heterocycles. The molecule has 7 heteroatoms. The van der Waals surface area contributed by atoms with Crippen molar-refractivity contribution in [1.29, 1.82) is 0 Å². The summed E-state index contributed by atoms with van der Waals surface area (Å²) in [6.07, 6.45) is 0. The molecule has 0 spiro atoms. The van der Waals surface area contributed by atoms with E-state index in [4.69, 9.17) is 19.6 Å². The summed E-state index contributed by atoms with van der Waals surface area (Å²) in [5.41, 5.74) is 0. The van der Waals surface area contributed by atoms with Crippen LogP contribution in [-0.4, -0.2) is 49.1 Å². The molecule has 0 aliphatic rings. The summed E-state index contributed by atoms with van der Waals surface area (Å²) < 4.78 is 0. The molecule has 0 aliphatic heterocycles. The monoisotopic (exact) mass is 153 g/mol. The molecule has 0 aromatic heterocycles. The van der Waals surface area contributed by atoms with E-state index in [0.29, 0.717) is 0 Å². The molecular formula is H4NaO4P2. The van der Waals surface area contributed by atoms with E-state index in [-0.39, 0.29) is 29.6 Å². The van der Waals surface area contributed by atoms with Gasteiger partial charge in [0.15, 0.2) is 0 Å². The van der Waals surface area contributed by atoms with Gasteiger partial charge in [-0.15, -0.1) is 0 Å². The van der Waals surface area contributed by atoms with Crippen molar-refractivity contribution < 1.29 is 19.6 Å². The van der Waals surface area contributed by atoms with Crippen molar-refractivity contribution in [3.63, 3.8) is 0 Å². The Labute approximate surface area is 65.2 Å². The molecule has 0 saturated carbocycles. The van der Waals surface area contributed by atoms with Gasteiger partial charge in [-0.1, -0.05) is 0 Å². The second-order valence-electron chi connectivity index (χ2n) is 0.537. The Kier molecular flexibility index (Phi) is 9.57. The van der Waals surface area contributed by atoms with Crippen LogP contribution in [0.5, 0.6) is 0 Å². The van der Waals surface area contributed by atoms with Crippen molar-refractivity contribution >= 4 is 45.7 Å². The standard InChI is InChI=1S/Na.H4O4P2/c;1-5(2)6(3)4/h;1-4H. The van der Waals surface area contributed by atoms with Gasteiger partial charge in [0, 0.05) is 29.6 Å². The molecule has 0 aromatic carbocycles. The SMILES string of the molecule is OP(O)P(O)O.[Na]. The molecule has 39 valence electrons. The Morgan fingerprint density at radius 2 is 0.857 bits per heavy atom. The fraction of sp³-hybridized carbons (Fsp3) is 0. The van der Waals surface area contributed by atoms with Gasteiger partial charge >= 0.3 is 0 Å². The van der Waals surface area contributed by atoms with Crippen LogP contribution in [0.25, 0.3) is 0 Å². The van der Waals surface area contributed by atoms with Crippen LogP contribution >= 0.6 is 16.1 Å². The molecule has 0 bridgehead atoms. The molecule has 0 fully saturated rings. The van der Waals surface area contributed by atoms with E-state index >= 15 is 0 Å². The Balaban J connectivity index is 0. The van der Waals surface area contributed by atoms with Gasteiger partial charge < -0.3 is 19.6 Å². The van der Waals surface area contributed by atoms with E-state index in [0.717, 1.165) is 0 Å². The number of hydrogen-bond acceptors (Lipinski definition) is 4. The van der Waals surface area contributed by atoms with E-state index in [2.05, 4.69) is 0 Å². The predicted molar refractivity (Wildman–Crippen MR) is 28.5 cm³/mol. The van der Waals surface area contributed by atoms with E-state index in [1.807, 2.05) is 0 Å². The zero-order valence-corrected chi connectivity index (χ0v) is 7.47. The Morgan fingerprint density at radius 1 is 0.714 bits per heavy atom. The van der Waals surface area contributed by atoms with Crippen molar-refractivity contribution in [2.75, 3.05) is 0 Å². The Bertz CT molecular complexity index is 30.7. The average Bonchev–Trinajstić information content (AvgIpc) is 1.36. The van der Waals surface area contributed by atoms with Crippen LogP contribution in [0.1, 0.15) is 0 Å². The topological polar surface area (TPSA) is 80.9 Å². The minimum atomic E-state index is -2.48. The van der Waals surface area contributed by atoms with Crippen molar-refractivity contribution in [1.82, 2.24) is 0 Å². The molecule has 4 N–H and O–H groups in total. The van der Waals surface area contributed by atoms with Crippen molar-refractivity contribution in [2.45, 2.75) is 0 Å². The fourth-order valence-corrected chi connectivity index (χ4v) is 0. The minimum Gasteiger partial charge on any atom is -0.344 e. The first-order valence-electron chi connectivity index (χ1n) is 1.000. The molecular weight excluding hydrogens is 149 g/mol. The summed E-state index contributed by atoms with van der Waals surface area (Å²) in [5, 5.41) is 0. The third kappa shape index (κ3) is 7.70. The molecule has 0 aromatic rings. The minimum absolute atomic E-state index is 0. The van der Waals surface area contributed by atoms with Gasteiger partial charge in [-0.2, -0.15) is 0 Å². The third-order valence-electron chi connectivity index (χ3n) is 0.160. The maximum Gasteiger partial charge on any atom is 0.250 e. The molecule has 0 unspecified atom stereocenters.